The predicted molar refractivity (Wildman–Crippen MR) is 184 cm³/mol. The van der Waals surface area contributed by atoms with E-state index in [9.17, 15) is 24.3 Å². The smallest absolute Gasteiger partial charge is 0.408 e. The lowest BCUT2D eigenvalue weighted by Crippen LogP contribution is -2.56. The maximum atomic E-state index is 14.4. The number of carboxylic acids is 1. The van der Waals surface area contributed by atoms with Crippen LogP contribution in [0, 0.1) is 12.8 Å². The summed E-state index contributed by atoms with van der Waals surface area (Å²) in [6.07, 6.45) is 11.4. The highest BCUT2D eigenvalue weighted by Gasteiger charge is 2.61. The second kappa shape index (κ2) is 14.3. The van der Waals surface area contributed by atoms with Gasteiger partial charge in [-0.2, -0.15) is 4.98 Å². The Balaban J connectivity index is 1.19. The van der Waals surface area contributed by atoms with Crippen molar-refractivity contribution in [1.29, 1.82) is 0 Å². The van der Waals surface area contributed by atoms with Crippen LogP contribution in [-0.2, 0) is 19.1 Å². The molecule has 4 aliphatic rings. The largest absolute Gasteiger partial charge is 0.479 e. The molecule has 0 aromatic carbocycles. The molecule has 50 heavy (non-hydrogen) atoms. The van der Waals surface area contributed by atoms with E-state index in [4.69, 9.17) is 19.4 Å². The first-order valence-electron chi connectivity index (χ1n) is 17.6. The number of nitrogens with one attached hydrogen (secondary N) is 2. The molecule has 3 aromatic heterocycles. The van der Waals surface area contributed by atoms with E-state index in [0.717, 1.165) is 60.7 Å². The van der Waals surface area contributed by atoms with Crippen molar-refractivity contribution >= 4 is 45.4 Å². The van der Waals surface area contributed by atoms with Crippen LogP contribution < -0.4 is 15.4 Å². The Hall–Kier alpha value is -4.59. The molecular weight excluding hydrogens is 660 g/mol. The topological polar surface area (TPSA) is 173 Å². The third-order valence-electron chi connectivity index (χ3n) is 10.2. The van der Waals surface area contributed by atoms with Crippen LogP contribution in [0.3, 0.4) is 0 Å². The molecule has 7 rings (SSSR count). The molecule has 0 spiro atoms. The van der Waals surface area contributed by atoms with Crippen LogP contribution in [0.15, 0.2) is 41.9 Å². The SMILES string of the molecule is Cc1csc2c(O[C@@H]3C[C@H]4C(=O)N[C@]5(C(=O)O)C[C@H]5C=CCCCCC[C@H](NC(=O)OC5CCCC5)C(=O)N4C3)nc(-c3ccccn3)nc12. The minimum Gasteiger partial charge on any atom is -0.479 e. The number of hydrogen-bond donors (Lipinski definition) is 3. The molecule has 0 unspecified atom stereocenters. The molecule has 3 fully saturated rings. The molecule has 13 nitrogen and oxygen atoms in total. The first-order valence-corrected chi connectivity index (χ1v) is 18.4. The van der Waals surface area contributed by atoms with Crippen LogP contribution >= 0.6 is 11.3 Å². The molecule has 2 aliphatic carbocycles. The van der Waals surface area contributed by atoms with Gasteiger partial charge in [-0.05, 0) is 81.4 Å². The van der Waals surface area contributed by atoms with Gasteiger partial charge in [0.25, 0.3) is 0 Å². The molecule has 264 valence electrons. The third-order valence-corrected chi connectivity index (χ3v) is 11.3. The first kappa shape index (κ1) is 33.9. The maximum Gasteiger partial charge on any atom is 0.408 e. The van der Waals surface area contributed by atoms with Crippen LogP contribution in [0.4, 0.5) is 4.79 Å². The highest BCUT2D eigenvalue weighted by molar-refractivity contribution is 7.17. The molecule has 0 radical (unpaired) electrons. The molecule has 2 saturated carbocycles. The second-order valence-electron chi connectivity index (χ2n) is 13.8. The molecule has 0 bridgehead atoms. The third kappa shape index (κ3) is 7.03. The van der Waals surface area contributed by atoms with Crippen LogP contribution in [-0.4, -0.2) is 85.2 Å². The summed E-state index contributed by atoms with van der Waals surface area (Å²) in [5, 5.41) is 17.8. The van der Waals surface area contributed by atoms with E-state index in [0.29, 0.717) is 30.2 Å². The zero-order valence-corrected chi connectivity index (χ0v) is 28.8. The zero-order chi connectivity index (χ0) is 34.8. The van der Waals surface area contributed by atoms with Gasteiger partial charge in [-0.15, -0.1) is 11.3 Å². The summed E-state index contributed by atoms with van der Waals surface area (Å²) in [5.74, 6) is -1.75. The highest BCUT2D eigenvalue weighted by atomic mass is 32.1. The standard InChI is InChI=1S/C36H42N6O7S/c1-21-20-50-29-28(21)39-30(25-14-9-10-16-37-25)40-32(29)48-24-17-27-31(43)41-36(34(45)46)18-22(36)11-5-3-2-4-6-15-26(33(44)42(27)19-24)38-35(47)49-23-12-7-8-13-23/h5,9-11,14,16,20,22-24,26-27H,2-4,6-8,12-13,15,17-19H2,1H3,(H,38,47)(H,41,43)(H,45,46)/t22-,24-,26+,27+,36-/m1/s1. The summed E-state index contributed by atoms with van der Waals surface area (Å²) >= 11 is 1.44. The summed E-state index contributed by atoms with van der Waals surface area (Å²) in [5.41, 5.74) is 0.815. The van der Waals surface area contributed by atoms with Gasteiger partial charge in [0.2, 0.25) is 17.7 Å². The van der Waals surface area contributed by atoms with E-state index in [-0.39, 0.29) is 31.4 Å². The first-order chi connectivity index (χ1) is 24.2. The second-order valence-corrected chi connectivity index (χ2v) is 14.7. The van der Waals surface area contributed by atoms with E-state index in [1.807, 2.05) is 42.7 Å². The van der Waals surface area contributed by atoms with Gasteiger partial charge < -0.3 is 30.1 Å². The number of carbonyl (C=O) groups is 4. The molecule has 1 saturated heterocycles. The zero-order valence-electron chi connectivity index (χ0n) is 28.0. The molecule has 5 atom stereocenters. The van der Waals surface area contributed by atoms with Crippen molar-refractivity contribution in [3.05, 3.63) is 47.5 Å². The number of thiophene rings is 1. The van der Waals surface area contributed by atoms with E-state index >= 15 is 0 Å². The summed E-state index contributed by atoms with van der Waals surface area (Å²) in [6.45, 7) is 1.99. The number of rotatable bonds is 6. The van der Waals surface area contributed by atoms with E-state index in [1.54, 1.807) is 6.20 Å². The number of ether oxygens (including phenoxy) is 2. The van der Waals surface area contributed by atoms with Crippen molar-refractivity contribution in [1.82, 2.24) is 30.5 Å². The minimum absolute atomic E-state index is 0.0327. The number of aliphatic carboxylic acids is 1. The Bertz CT molecular complexity index is 1790. The number of pyridine rings is 1. The summed E-state index contributed by atoms with van der Waals surface area (Å²) < 4.78 is 12.9. The summed E-state index contributed by atoms with van der Waals surface area (Å²) in [7, 11) is 0. The fourth-order valence-electron chi connectivity index (χ4n) is 7.33. The van der Waals surface area contributed by atoms with Gasteiger partial charge in [0.15, 0.2) is 5.82 Å². The molecule has 3 aromatic rings. The summed E-state index contributed by atoms with van der Waals surface area (Å²) in [6, 6.07) is 3.50. The normalized spacial score (nSPS) is 27.5. The van der Waals surface area contributed by atoms with Crippen molar-refractivity contribution in [2.24, 2.45) is 5.92 Å². The van der Waals surface area contributed by atoms with Crippen molar-refractivity contribution in [3.63, 3.8) is 0 Å². The average molecular weight is 703 g/mol. The van der Waals surface area contributed by atoms with Crippen LogP contribution in [0.1, 0.15) is 76.2 Å². The predicted octanol–water partition coefficient (Wildman–Crippen LogP) is 4.93. The number of nitrogens with zero attached hydrogens (tertiary/aromatic N) is 4. The Morgan fingerprint density at radius 2 is 1.90 bits per heavy atom. The monoisotopic (exact) mass is 702 g/mol. The molecule has 3 amide bonds. The van der Waals surface area contributed by atoms with Gasteiger partial charge >= 0.3 is 12.1 Å². The van der Waals surface area contributed by atoms with Gasteiger partial charge in [0.05, 0.1) is 12.1 Å². The number of fused-ring (bicyclic) bond motifs is 3. The van der Waals surface area contributed by atoms with Gasteiger partial charge in [-0.1, -0.05) is 31.1 Å². The van der Waals surface area contributed by atoms with Crippen LogP contribution in [0.25, 0.3) is 21.7 Å². The van der Waals surface area contributed by atoms with Gasteiger partial charge in [0.1, 0.15) is 40.2 Å². The van der Waals surface area contributed by atoms with E-state index in [1.165, 1.54) is 16.2 Å². The number of hydrogen-bond acceptors (Lipinski definition) is 10. The van der Waals surface area contributed by atoms with E-state index < -0.39 is 47.6 Å². The molecule has 2 aliphatic heterocycles. The van der Waals surface area contributed by atoms with Crippen molar-refractivity contribution in [2.45, 2.75) is 107 Å². The number of allylic oxidation sites excluding steroid dienone is 1. The lowest BCUT2D eigenvalue weighted by Gasteiger charge is -2.29. The lowest BCUT2D eigenvalue weighted by atomic mass is 10.0. The van der Waals surface area contributed by atoms with Gasteiger partial charge in [-0.25, -0.2) is 14.6 Å². The van der Waals surface area contributed by atoms with Gasteiger partial charge in [-0.3, -0.25) is 14.6 Å². The lowest BCUT2D eigenvalue weighted by molar-refractivity contribution is -0.145. The molecule has 3 N–H and O–H groups in total. The molecule has 14 heteroatoms. The number of aromatic nitrogens is 3. The van der Waals surface area contributed by atoms with Crippen LogP contribution in [0.5, 0.6) is 5.88 Å². The fraction of sp³-hybridized carbons (Fsp3) is 0.528. The molecular formula is C36H42N6O7S. The Morgan fingerprint density at radius 1 is 1.08 bits per heavy atom. The Labute approximate surface area is 293 Å². The number of alkyl carbamates (subject to hydrolysis) is 1. The minimum atomic E-state index is -1.44. The van der Waals surface area contributed by atoms with Crippen LogP contribution in [0.2, 0.25) is 0 Å². The number of carbonyl (C=O) groups excluding carboxylic acids is 3. The maximum absolute atomic E-state index is 14.4. The van der Waals surface area contributed by atoms with Crippen molar-refractivity contribution in [3.8, 4) is 17.4 Å². The summed E-state index contributed by atoms with van der Waals surface area (Å²) in [4.78, 5) is 69.3. The molecule has 5 heterocycles. The quantitative estimate of drug-likeness (QED) is 0.299. The van der Waals surface area contributed by atoms with Crippen molar-refractivity contribution in [2.75, 3.05) is 6.54 Å². The van der Waals surface area contributed by atoms with Gasteiger partial charge in [0, 0.05) is 18.5 Å². The average Bonchev–Trinajstić information content (AvgIpc) is 3.47. The van der Waals surface area contributed by atoms with Crippen molar-refractivity contribution < 1.29 is 33.8 Å². The Kier molecular flexibility index (Phi) is 9.71. The number of amides is 3. The Morgan fingerprint density at radius 3 is 2.68 bits per heavy atom. The fourth-order valence-corrected chi connectivity index (χ4v) is 8.25. The van der Waals surface area contributed by atoms with E-state index in [2.05, 4.69) is 15.6 Å². The number of carboxylic acid groups (broad SMARTS) is 1. The number of aryl methyl sites for hydroxylation is 1. The highest BCUT2D eigenvalue weighted by Crippen LogP contribution is 2.45.